The van der Waals surface area contributed by atoms with E-state index < -0.39 is 0 Å². The van der Waals surface area contributed by atoms with E-state index in [2.05, 4.69) is 0 Å². The summed E-state index contributed by atoms with van der Waals surface area (Å²) in [6.45, 7) is 1.01. The van der Waals surface area contributed by atoms with Crippen molar-refractivity contribution < 1.29 is 18.7 Å². The lowest BCUT2D eigenvalue weighted by molar-refractivity contribution is -0.140. The predicted octanol–water partition coefficient (Wildman–Crippen LogP) is 3.89. The van der Waals surface area contributed by atoms with Crippen molar-refractivity contribution in [1.82, 2.24) is 4.90 Å². The van der Waals surface area contributed by atoms with Crippen LogP contribution in [0, 0.1) is 5.92 Å². The number of hydrogen-bond donors (Lipinski definition) is 0. The number of carbonyl (C=O) groups excluding carboxylic acids is 2. The maximum Gasteiger partial charge on any atom is 0.316 e. The van der Waals surface area contributed by atoms with E-state index >= 15 is 0 Å². The molecule has 1 aromatic heterocycles. The van der Waals surface area contributed by atoms with Crippen LogP contribution in [-0.4, -0.2) is 29.9 Å². The Bertz CT molecular complexity index is 932. The third kappa shape index (κ3) is 3.33. The summed E-state index contributed by atoms with van der Waals surface area (Å²) in [5.74, 6) is -0.176. The molecule has 0 aliphatic carbocycles. The molecule has 1 aliphatic rings. The first kappa shape index (κ1) is 16.4. The summed E-state index contributed by atoms with van der Waals surface area (Å²) in [5.41, 5.74) is 0.508. The third-order valence-corrected chi connectivity index (χ3v) is 4.75. The van der Waals surface area contributed by atoms with Gasteiger partial charge >= 0.3 is 5.97 Å². The van der Waals surface area contributed by atoms with Gasteiger partial charge in [-0.3, -0.25) is 9.59 Å². The normalized spacial score (nSPS) is 17.2. The molecule has 4 rings (SSSR count). The van der Waals surface area contributed by atoms with E-state index in [1.54, 1.807) is 17.0 Å². The minimum Gasteiger partial charge on any atom is -0.472 e. The summed E-state index contributed by atoms with van der Waals surface area (Å²) >= 11 is 0. The summed E-state index contributed by atoms with van der Waals surface area (Å²) in [4.78, 5) is 26.7. The number of rotatable bonds is 3. The van der Waals surface area contributed by atoms with Gasteiger partial charge in [-0.25, -0.2) is 0 Å². The van der Waals surface area contributed by atoms with Crippen LogP contribution in [-0.2, 0) is 4.79 Å². The molecule has 1 saturated heterocycles. The Morgan fingerprint density at radius 1 is 1.08 bits per heavy atom. The standard InChI is InChI=1S/C21H19NO4/c23-20(18-9-11-25-14-18)22-10-3-6-17(13-22)21(24)26-19-8-7-15-4-1-2-5-16(15)12-19/h1-2,4-5,7-9,11-12,14,17H,3,6,10,13H2/t17-/m0/s1. The molecule has 1 amide bonds. The second-order valence-electron chi connectivity index (χ2n) is 6.53. The number of hydrogen-bond acceptors (Lipinski definition) is 4. The molecule has 2 heterocycles. The van der Waals surface area contributed by atoms with Crippen molar-refractivity contribution in [3.05, 3.63) is 66.6 Å². The number of benzene rings is 2. The fraction of sp³-hybridized carbons (Fsp3) is 0.238. The number of likely N-dealkylation sites (tertiary alicyclic amines) is 1. The van der Waals surface area contributed by atoms with Crippen LogP contribution in [0.15, 0.2) is 65.5 Å². The minimum absolute atomic E-state index is 0.109. The quantitative estimate of drug-likeness (QED) is 0.532. The van der Waals surface area contributed by atoms with Gasteiger partial charge in [-0.1, -0.05) is 30.3 Å². The highest BCUT2D eigenvalue weighted by Crippen LogP contribution is 2.24. The van der Waals surface area contributed by atoms with E-state index in [1.165, 1.54) is 12.5 Å². The Hall–Kier alpha value is -3.08. The topological polar surface area (TPSA) is 59.8 Å². The molecule has 0 bridgehead atoms. The van der Waals surface area contributed by atoms with Crippen LogP contribution in [0.1, 0.15) is 23.2 Å². The number of amides is 1. The maximum atomic E-state index is 12.6. The van der Waals surface area contributed by atoms with Gasteiger partial charge < -0.3 is 14.1 Å². The summed E-state index contributed by atoms with van der Waals surface area (Å²) in [7, 11) is 0. The molecular formula is C21H19NO4. The summed E-state index contributed by atoms with van der Waals surface area (Å²) in [6.07, 6.45) is 4.41. The van der Waals surface area contributed by atoms with Crippen LogP contribution in [0.5, 0.6) is 5.75 Å². The predicted molar refractivity (Wildman–Crippen MR) is 96.9 cm³/mol. The van der Waals surface area contributed by atoms with Gasteiger partial charge in [0.05, 0.1) is 17.7 Å². The Morgan fingerprint density at radius 2 is 1.92 bits per heavy atom. The van der Waals surface area contributed by atoms with Crippen molar-refractivity contribution >= 4 is 22.6 Å². The van der Waals surface area contributed by atoms with Crippen LogP contribution >= 0.6 is 0 Å². The fourth-order valence-corrected chi connectivity index (χ4v) is 3.35. The minimum atomic E-state index is -0.314. The van der Waals surface area contributed by atoms with Gasteiger partial charge in [-0.2, -0.15) is 0 Å². The Kier molecular flexibility index (Phi) is 4.44. The molecule has 26 heavy (non-hydrogen) atoms. The number of fused-ring (bicyclic) bond motifs is 1. The van der Waals surface area contributed by atoms with Crippen LogP contribution in [0.3, 0.4) is 0 Å². The molecule has 5 nitrogen and oxygen atoms in total. The second-order valence-corrected chi connectivity index (χ2v) is 6.53. The highest BCUT2D eigenvalue weighted by molar-refractivity contribution is 5.94. The van der Waals surface area contributed by atoms with E-state index in [1.807, 2.05) is 36.4 Å². The van der Waals surface area contributed by atoms with E-state index in [0.717, 1.165) is 23.6 Å². The molecule has 3 aromatic rings. The van der Waals surface area contributed by atoms with E-state index in [0.29, 0.717) is 24.4 Å². The third-order valence-electron chi connectivity index (χ3n) is 4.75. The zero-order valence-electron chi connectivity index (χ0n) is 14.3. The molecule has 0 spiro atoms. The van der Waals surface area contributed by atoms with Gasteiger partial charge in [-0.15, -0.1) is 0 Å². The van der Waals surface area contributed by atoms with Crippen molar-refractivity contribution in [3.8, 4) is 5.75 Å². The lowest BCUT2D eigenvalue weighted by Crippen LogP contribution is -2.43. The molecule has 0 saturated carbocycles. The SMILES string of the molecule is O=C(Oc1ccc2ccccc2c1)[C@H]1CCCN(C(=O)c2ccoc2)C1. The van der Waals surface area contributed by atoms with Crippen LogP contribution in [0.25, 0.3) is 10.8 Å². The number of ether oxygens (including phenoxy) is 1. The molecule has 0 radical (unpaired) electrons. The van der Waals surface area contributed by atoms with Gasteiger partial charge in [0.15, 0.2) is 0 Å². The van der Waals surface area contributed by atoms with Crippen molar-refractivity contribution in [2.24, 2.45) is 5.92 Å². The van der Waals surface area contributed by atoms with Crippen molar-refractivity contribution in [1.29, 1.82) is 0 Å². The van der Waals surface area contributed by atoms with Crippen molar-refractivity contribution in [3.63, 3.8) is 0 Å². The first-order chi connectivity index (χ1) is 12.7. The smallest absolute Gasteiger partial charge is 0.316 e. The van der Waals surface area contributed by atoms with Crippen LogP contribution in [0.4, 0.5) is 0 Å². The lowest BCUT2D eigenvalue weighted by atomic mass is 9.97. The zero-order valence-corrected chi connectivity index (χ0v) is 14.3. The Labute approximate surface area is 151 Å². The number of carbonyl (C=O) groups is 2. The number of esters is 1. The molecule has 132 valence electrons. The molecule has 0 N–H and O–H groups in total. The Morgan fingerprint density at radius 3 is 2.73 bits per heavy atom. The number of furan rings is 1. The zero-order chi connectivity index (χ0) is 17.9. The first-order valence-corrected chi connectivity index (χ1v) is 8.73. The summed E-state index contributed by atoms with van der Waals surface area (Å²) in [6, 6.07) is 15.2. The van der Waals surface area contributed by atoms with Gasteiger partial charge in [-0.05, 0) is 41.8 Å². The molecule has 1 atom stereocenters. The number of nitrogens with zero attached hydrogens (tertiary/aromatic N) is 1. The summed E-state index contributed by atoms with van der Waals surface area (Å²) < 4.78 is 10.6. The van der Waals surface area contributed by atoms with Crippen LogP contribution in [0.2, 0.25) is 0 Å². The molecular weight excluding hydrogens is 330 g/mol. The number of piperidine rings is 1. The molecule has 2 aromatic carbocycles. The van der Waals surface area contributed by atoms with E-state index in [-0.39, 0.29) is 17.8 Å². The van der Waals surface area contributed by atoms with Gasteiger partial charge in [0, 0.05) is 13.1 Å². The lowest BCUT2D eigenvalue weighted by Gasteiger charge is -2.31. The maximum absolute atomic E-state index is 12.6. The van der Waals surface area contributed by atoms with Gasteiger partial charge in [0.1, 0.15) is 12.0 Å². The largest absolute Gasteiger partial charge is 0.472 e. The average Bonchev–Trinajstić information content (AvgIpc) is 3.22. The molecule has 1 aliphatic heterocycles. The summed E-state index contributed by atoms with van der Waals surface area (Å²) in [5, 5.41) is 2.13. The molecule has 0 unspecified atom stereocenters. The van der Waals surface area contributed by atoms with Gasteiger partial charge in [0.25, 0.3) is 5.91 Å². The molecule has 5 heteroatoms. The van der Waals surface area contributed by atoms with E-state index in [4.69, 9.17) is 9.15 Å². The van der Waals surface area contributed by atoms with Crippen molar-refractivity contribution in [2.45, 2.75) is 12.8 Å². The van der Waals surface area contributed by atoms with E-state index in [9.17, 15) is 9.59 Å². The van der Waals surface area contributed by atoms with Crippen molar-refractivity contribution in [2.75, 3.05) is 13.1 Å². The first-order valence-electron chi connectivity index (χ1n) is 8.73. The van der Waals surface area contributed by atoms with Gasteiger partial charge in [0.2, 0.25) is 0 Å². The highest BCUT2D eigenvalue weighted by Gasteiger charge is 2.30. The Balaban J connectivity index is 1.44. The fourth-order valence-electron chi connectivity index (χ4n) is 3.35. The highest BCUT2D eigenvalue weighted by atomic mass is 16.5. The second kappa shape index (κ2) is 7.04. The average molecular weight is 349 g/mol. The monoisotopic (exact) mass is 349 g/mol. The molecule has 1 fully saturated rings. The van der Waals surface area contributed by atoms with Crippen LogP contribution < -0.4 is 4.74 Å².